The molecule has 0 radical (unpaired) electrons. The second kappa shape index (κ2) is 7.45. The number of ketones is 1. The van der Waals surface area contributed by atoms with E-state index in [1.807, 2.05) is 38.1 Å². The normalized spacial score (nSPS) is 12.3. The smallest absolute Gasteiger partial charge is 0.293 e. The van der Waals surface area contributed by atoms with Crippen LogP contribution in [0.1, 0.15) is 43.1 Å². The maximum absolute atomic E-state index is 12.5. The van der Waals surface area contributed by atoms with Gasteiger partial charge in [-0.3, -0.25) is 9.36 Å². The van der Waals surface area contributed by atoms with Crippen LogP contribution < -0.4 is 5.69 Å². The molecule has 0 saturated heterocycles. The van der Waals surface area contributed by atoms with Crippen molar-refractivity contribution in [3.05, 3.63) is 45.9 Å². The summed E-state index contributed by atoms with van der Waals surface area (Å²) in [4.78, 5) is 24.1. The zero-order valence-electron chi connectivity index (χ0n) is 13.1. The third-order valence-corrected chi connectivity index (χ3v) is 4.56. The lowest BCUT2D eigenvalue weighted by Gasteiger charge is -2.10. The molecule has 6 heteroatoms. The number of hydrogen-bond acceptors (Lipinski definition) is 4. The maximum atomic E-state index is 12.5. The minimum Gasteiger partial charge on any atom is -0.293 e. The van der Waals surface area contributed by atoms with Crippen LogP contribution in [0.15, 0.2) is 34.2 Å². The van der Waals surface area contributed by atoms with Gasteiger partial charge in [0.1, 0.15) is 0 Å². The highest BCUT2D eigenvalue weighted by atomic mass is 32.2. The Morgan fingerprint density at radius 1 is 1.32 bits per heavy atom. The van der Waals surface area contributed by atoms with Crippen molar-refractivity contribution in [2.45, 2.75) is 50.6 Å². The van der Waals surface area contributed by atoms with Gasteiger partial charge in [-0.25, -0.2) is 9.89 Å². The topological polar surface area (TPSA) is 67.8 Å². The van der Waals surface area contributed by atoms with Gasteiger partial charge >= 0.3 is 5.69 Å². The van der Waals surface area contributed by atoms with E-state index in [9.17, 15) is 9.59 Å². The third kappa shape index (κ3) is 3.68. The Bertz CT molecular complexity index is 688. The molecule has 1 N–H and O–H groups in total. The molecule has 2 rings (SSSR count). The first-order chi connectivity index (χ1) is 10.6. The molecular formula is C16H21N3O2S. The molecule has 0 aliphatic carbocycles. The number of aryl methyl sites for hydroxylation is 1. The number of thioether (sulfide) groups is 1. The van der Waals surface area contributed by atoms with Gasteiger partial charge in [0.25, 0.3) is 0 Å². The molecule has 0 unspecified atom stereocenters. The van der Waals surface area contributed by atoms with Crippen molar-refractivity contribution in [1.29, 1.82) is 0 Å². The van der Waals surface area contributed by atoms with E-state index in [-0.39, 0.29) is 16.7 Å². The second-order valence-electron chi connectivity index (χ2n) is 5.14. The van der Waals surface area contributed by atoms with Crippen LogP contribution in [0.2, 0.25) is 0 Å². The van der Waals surface area contributed by atoms with Crippen molar-refractivity contribution >= 4 is 17.5 Å². The van der Waals surface area contributed by atoms with Crippen molar-refractivity contribution in [3.63, 3.8) is 0 Å². The lowest BCUT2D eigenvalue weighted by atomic mass is 10.1. The standard InChI is InChI=1S/C16H21N3O2S/c1-4-10-19-15(21)17-18-16(19)22-11(3)14(20)13-8-6-12(5-2)7-9-13/h6-9,11H,4-5,10H2,1-3H3,(H,17,21)/t11-/m1/s1. The summed E-state index contributed by atoms with van der Waals surface area (Å²) in [5.74, 6) is 0.0474. The molecule has 1 aromatic heterocycles. The molecule has 118 valence electrons. The van der Waals surface area contributed by atoms with E-state index in [2.05, 4.69) is 17.1 Å². The van der Waals surface area contributed by atoms with E-state index in [1.54, 1.807) is 4.57 Å². The number of aromatic amines is 1. The van der Waals surface area contributed by atoms with Gasteiger partial charge in [0, 0.05) is 12.1 Å². The molecule has 1 atom stereocenters. The number of benzene rings is 1. The number of Topliss-reactive ketones (excluding diaryl/α,β-unsaturated/α-hetero) is 1. The molecule has 1 heterocycles. The number of hydrogen-bond donors (Lipinski definition) is 1. The minimum atomic E-state index is -0.293. The summed E-state index contributed by atoms with van der Waals surface area (Å²) in [6.45, 7) is 6.53. The van der Waals surface area contributed by atoms with Crippen molar-refractivity contribution < 1.29 is 4.79 Å². The first-order valence-corrected chi connectivity index (χ1v) is 8.39. The predicted molar refractivity (Wildman–Crippen MR) is 88.6 cm³/mol. The molecule has 0 saturated carbocycles. The summed E-state index contributed by atoms with van der Waals surface area (Å²) in [5.41, 5.74) is 1.68. The molecule has 1 aromatic carbocycles. The van der Waals surface area contributed by atoms with Crippen molar-refractivity contribution in [2.24, 2.45) is 0 Å². The van der Waals surface area contributed by atoms with Crippen LogP contribution in [-0.2, 0) is 13.0 Å². The van der Waals surface area contributed by atoms with E-state index in [1.165, 1.54) is 17.3 Å². The van der Waals surface area contributed by atoms with Gasteiger partial charge < -0.3 is 0 Å². The highest BCUT2D eigenvalue weighted by Gasteiger charge is 2.20. The van der Waals surface area contributed by atoms with Gasteiger partial charge in [-0.05, 0) is 25.3 Å². The number of rotatable bonds is 7. The first kappa shape index (κ1) is 16.5. The van der Waals surface area contributed by atoms with Gasteiger partial charge in [-0.1, -0.05) is 49.9 Å². The quantitative estimate of drug-likeness (QED) is 0.629. The molecule has 0 fully saturated rings. The zero-order valence-corrected chi connectivity index (χ0v) is 13.9. The Morgan fingerprint density at radius 2 is 2.00 bits per heavy atom. The molecule has 0 aliphatic rings. The summed E-state index contributed by atoms with van der Waals surface area (Å²) in [6.07, 6.45) is 1.79. The Labute approximate surface area is 134 Å². The number of nitrogens with one attached hydrogen (secondary N) is 1. The number of nitrogens with zero attached hydrogens (tertiary/aromatic N) is 2. The van der Waals surface area contributed by atoms with Crippen molar-refractivity contribution in [1.82, 2.24) is 14.8 Å². The van der Waals surface area contributed by atoms with Gasteiger partial charge in [-0.15, -0.1) is 5.10 Å². The van der Waals surface area contributed by atoms with Crippen LogP contribution in [0.3, 0.4) is 0 Å². The number of carbonyl (C=O) groups is 1. The van der Waals surface area contributed by atoms with Crippen LogP contribution in [-0.4, -0.2) is 25.8 Å². The largest absolute Gasteiger partial charge is 0.343 e. The van der Waals surface area contributed by atoms with Crippen LogP contribution >= 0.6 is 11.8 Å². The van der Waals surface area contributed by atoms with Gasteiger partial charge in [0.05, 0.1) is 5.25 Å². The Balaban J connectivity index is 2.12. The van der Waals surface area contributed by atoms with Gasteiger partial charge in [0.15, 0.2) is 10.9 Å². The molecule has 0 amide bonds. The fourth-order valence-corrected chi connectivity index (χ4v) is 3.12. The van der Waals surface area contributed by atoms with E-state index in [4.69, 9.17) is 0 Å². The van der Waals surface area contributed by atoms with E-state index < -0.39 is 0 Å². The summed E-state index contributed by atoms with van der Waals surface area (Å²) >= 11 is 1.31. The van der Waals surface area contributed by atoms with E-state index in [0.29, 0.717) is 17.3 Å². The average molecular weight is 319 g/mol. The Hall–Kier alpha value is -1.82. The predicted octanol–water partition coefficient (Wildman–Crippen LogP) is 2.91. The monoisotopic (exact) mass is 319 g/mol. The van der Waals surface area contributed by atoms with Crippen LogP contribution in [0.4, 0.5) is 0 Å². The molecule has 0 aliphatic heterocycles. The summed E-state index contributed by atoms with van der Waals surface area (Å²) in [7, 11) is 0. The Kier molecular flexibility index (Phi) is 5.60. The number of H-pyrrole nitrogens is 1. The van der Waals surface area contributed by atoms with Crippen molar-refractivity contribution in [2.75, 3.05) is 0 Å². The average Bonchev–Trinajstić information content (AvgIpc) is 2.88. The molecule has 22 heavy (non-hydrogen) atoms. The third-order valence-electron chi connectivity index (χ3n) is 3.47. The zero-order chi connectivity index (χ0) is 16.1. The lowest BCUT2D eigenvalue weighted by molar-refractivity contribution is 0.0994. The maximum Gasteiger partial charge on any atom is 0.343 e. The SMILES string of the molecule is CCCn1c(S[C@H](C)C(=O)c2ccc(CC)cc2)n[nH]c1=O. The second-order valence-corrected chi connectivity index (χ2v) is 6.45. The van der Waals surface area contributed by atoms with Crippen LogP contribution in [0, 0.1) is 0 Å². The lowest BCUT2D eigenvalue weighted by Crippen LogP contribution is -2.19. The fourth-order valence-electron chi connectivity index (χ4n) is 2.17. The molecular weight excluding hydrogens is 298 g/mol. The minimum absolute atomic E-state index is 0.0474. The van der Waals surface area contributed by atoms with Gasteiger partial charge in [-0.2, -0.15) is 0 Å². The molecule has 0 bridgehead atoms. The van der Waals surface area contributed by atoms with Gasteiger partial charge in [0.2, 0.25) is 0 Å². The fraction of sp³-hybridized carbons (Fsp3) is 0.438. The highest BCUT2D eigenvalue weighted by molar-refractivity contribution is 8.00. The molecule has 5 nitrogen and oxygen atoms in total. The summed E-state index contributed by atoms with van der Waals surface area (Å²) < 4.78 is 1.58. The summed E-state index contributed by atoms with van der Waals surface area (Å²) in [6, 6.07) is 7.68. The number of carbonyl (C=O) groups excluding carboxylic acids is 1. The van der Waals surface area contributed by atoms with Crippen LogP contribution in [0.25, 0.3) is 0 Å². The van der Waals surface area contributed by atoms with E-state index >= 15 is 0 Å². The highest BCUT2D eigenvalue weighted by Crippen LogP contribution is 2.23. The first-order valence-electron chi connectivity index (χ1n) is 7.51. The Morgan fingerprint density at radius 3 is 2.59 bits per heavy atom. The molecule has 2 aromatic rings. The summed E-state index contributed by atoms with van der Waals surface area (Å²) in [5, 5.41) is 6.73. The van der Waals surface area contributed by atoms with E-state index in [0.717, 1.165) is 12.8 Å². The van der Waals surface area contributed by atoms with Crippen molar-refractivity contribution in [3.8, 4) is 0 Å². The molecule has 0 spiro atoms. The van der Waals surface area contributed by atoms with Crippen LogP contribution in [0.5, 0.6) is 0 Å². The number of aromatic nitrogens is 3.